The van der Waals surface area contributed by atoms with Crippen molar-refractivity contribution in [2.45, 2.75) is 84.0 Å². The molecule has 0 aromatic heterocycles. The van der Waals surface area contributed by atoms with Gasteiger partial charge < -0.3 is 0 Å². The normalized spacial score (nSPS) is 12.0. The molecule has 0 spiro atoms. The summed E-state index contributed by atoms with van der Waals surface area (Å²) in [5.74, 6) is 0. The summed E-state index contributed by atoms with van der Waals surface area (Å²) in [6, 6.07) is 0. The Balaban J connectivity index is 3.26. The molecule has 0 aromatic carbocycles. The summed E-state index contributed by atoms with van der Waals surface area (Å²) in [5, 5.41) is 0. The van der Waals surface area contributed by atoms with Crippen molar-refractivity contribution in [3.63, 3.8) is 0 Å². The van der Waals surface area contributed by atoms with Crippen molar-refractivity contribution in [2.24, 2.45) is 0 Å². The van der Waals surface area contributed by atoms with Gasteiger partial charge in [-0.25, -0.2) is 0 Å². The molecular formula is C20H33O. The van der Waals surface area contributed by atoms with E-state index in [-0.39, 0.29) is 0 Å². The van der Waals surface area contributed by atoms with Gasteiger partial charge in [0.05, 0.1) is 0 Å². The van der Waals surface area contributed by atoms with Crippen LogP contribution in [0, 0.1) is 0 Å². The van der Waals surface area contributed by atoms with Crippen LogP contribution in [0.5, 0.6) is 0 Å². The zero-order valence-electron chi connectivity index (χ0n) is 13.9. The van der Waals surface area contributed by atoms with E-state index in [0.717, 1.165) is 25.7 Å². The van der Waals surface area contributed by atoms with Crippen LogP contribution in [-0.4, -0.2) is 6.29 Å². The van der Waals surface area contributed by atoms with Crippen molar-refractivity contribution < 1.29 is 4.79 Å². The molecule has 0 heterocycles. The maximum atomic E-state index is 10.00. The lowest BCUT2D eigenvalue weighted by Crippen LogP contribution is -1.77. The third-order valence-electron chi connectivity index (χ3n) is 3.42. The van der Waals surface area contributed by atoms with Gasteiger partial charge in [-0.3, -0.25) is 4.79 Å². The highest BCUT2D eigenvalue weighted by Gasteiger charge is 1.87. The van der Waals surface area contributed by atoms with E-state index in [1.807, 2.05) is 6.29 Å². The van der Waals surface area contributed by atoms with Crippen LogP contribution in [0.2, 0.25) is 0 Å². The highest BCUT2D eigenvalue weighted by molar-refractivity contribution is 5.50. The molecule has 0 fully saturated rings. The summed E-state index contributed by atoms with van der Waals surface area (Å²) in [6.07, 6.45) is 29.2. The molecule has 21 heavy (non-hydrogen) atoms. The zero-order chi connectivity index (χ0) is 15.4. The highest BCUT2D eigenvalue weighted by atomic mass is 16.1. The molecule has 0 aliphatic rings. The lowest BCUT2D eigenvalue weighted by molar-refractivity contribution is 0.549. The van der Waals surface area contributed by atoms with Crippen molar-refractivity contribution >= 4 is 6.29 Å². The van der Waals surface area contributed by atoms with Crippen LogP contribution in [0.15, 0.2) is 36.5 Å². The van der Waals surface area contributed by atoms with Crippen LogP contribution in [-0.2, 0) is 4.79 Å². The minimum atomic E-state index is 0.559. The molecular weight excluding hydrogens is 256 g/mol. The first-order valence-electron chi connectivity index (χ1n) is 8.71. The molecule has 0 aromatic rings. The number of hydrogen-bond acceptors (Lipinski definition) is 1. The Morgan fingerprint density at radius 3 is 1.81 bits per heavy atom. The van der Waals surface area contributed by atoms with E-state index in [0.29, 0.717) is 6.42 Å². The Morgan fingerprint density at radius 1 is 0.667 bits per heavy atom. The van der Waals surface area contributed by atoms with Crippen LogP contribution in [0.3, 0.4) is 0 Å². The highest BCUT2D eigenvalue weighted by Crippen LogP contribution is 2.07. The molecule has 0 N–H and O–H groups in total. The first-order valence-corrected chi connectivity index (χ1v) is 8.71. The Bertz CT molecular complexity index is 286. The van der Waals surface area contributed by atoms with Crippen molar-refractivity contribution in [3.05, 3.63) is 36.5 Å². The lowest BCUT2D eigenvalue weighted by atomic mass is 10.1. The number of rotatable bonds is 15. The zero-order valence-corrected chi connectivity index (χ0v) is 13.9. The topological polar surface area (TPSA) is 17.1 Å². The smallest absolute Gasteiger partial charge is 0.198 e. The molecule has 0 aliphatic carbocycles. The van der Waals surface area contributed by atoms with Crippen LogP contribution in [0.25, 0.3) is 0 Å². The fourth-order valence-corrected chi connectivity index (χ4v) is 2.11. The van der Waals surface area contributed by atoms with E-state index in [2.05, 4.69) is 43.4 Å². The second-order valence-corrected chi connectivity index (χ2v) is 5.48. The monoisotopic (exact) mass is 289 g/mol. The quantitative estimate of drug-likeness (QED) is 0.249. The maximum absolute atomic E-state index is 10.00. The molecule has 0 atom stereocenters. The van der Waals surface area contributed by atoms with Crippen molar-refractivity contribution in [1.29, 1.82) is 0 Å². The van der Waals surface area contributed by atoms with Crippen molar-refractivity contribution in [2.75, 3.05) is 0 Å². The fourth-order valence-electron chi connectivity index (χ4n) is 2.11. The Kier molecular flexibility index (Phi) is 17.9. The minimum absolute atomic E-state index is 0.559. The van der Waals surface area contributed by atoms with E-state index in [1.54, 1.807) is 0 Å². The van der Waals surface area contributed by atoms with E-state index >= 15 is 0 Å². The van der Waals surface area contributed by atoms with Gasteiger partial charge >= 0.3 is 0 Å². The van der Waals surface area contributed by atoms with Gasteiger partial charge in [0.15, 0.2) is 6.29 Å². The largest absolute Gasteiger partial charge is 0.291 e. The van der Waals surface area contributed by atoms with E-state index in [4.69, 9.17) is 0 Å². The van der Waals surface area contributed by atoms with E-state index < -0.39 is 0 Å². The summed E-state index contributed by atoms with van der Waals surface area (Å²) in [6.45, 7) is 2.26. The van der Waals surface area contributed by atoms with Gasteiger partial charge in [0.25, 0.3) is 0 Å². The predicted octanol–water partition coefficient (Wildman–Crippen LogP) is 6.47. The Hall–Kier alpha value is -1.11. The van der Waals surface area contributed by atoms with Gasteiger partial charge in [0.2, 0.25) is 0 Å². The average Bonchev–Trinajstić information content (AvgIpc) is 2.50. The van der Waals surface area contributed by atoms with Crippen LogP contribution < -0.4 is 0 Å². The Labute approximate surface area is 132 Å². The molecule has 0 amide bonds. The second kappa shape index (κ2) is 18.9. The van der Waals surface area contributed by atoms with E-state index in [9.17, 15) is 4.79 Å². The molecule has 0 bridgehead atoms. The summed E-state index contributed by atoms with van der Waals surface area (Å²) < 4.78 is 0. The molecule has 0 rings (SSSR count). The van der Waals surface area contributed by atoms with Crippen molar-refractivity contribution in [3.8, 4) is 0 Å². The van der Waals surface area contributed by atoms with E-state index in [1.165, 1.54) is 44.9 Å². The van der Waals surface area contributed by atoms with Crippen LogP contribution in [0.4, 0.5) is 0 Å². The molecule has 0 saturated carbocycles. The number of unbranched alkanes of at least 4 members (excludes halogenated alkanes) is 8. The summed E-state index contributed by atoms with van der Waals surface area (Å²) >= 11 is 0. The van der Waals surface area contributed by atoms with Crippen LogP contribution in [0.1, 0.15) is 84.0 Å². The standard InChI is InChI=1S/C20H33O/c1-2-3-4-5-6-7-8-9-10-11-12-13-14-15-16-17-18-19-20-21/h9-10,12-13,15-16H,2-8,11,14,17-19H2,1H3/b10-9+,13-12+,16-15+. The fraction of sp³-hybridized carbons (Fsp3) is 0.650. The summed E-state index contributed by atoms with van der Waals surface area (Å²) in [4.78, 5) is 10.00. The molecule has 1 radical (unpaired) electrons. The molecule has 1 heteroatoms. The SMILES string of the molecule is CCCCCCCC/C=C/C/C=C/C/C=C/CCC[C]=O. The van der Waals surface area contributed by atoms with Gasteiger partial charge in [0.1, 0.15) is 0 Å². The maximum Gasteiger partial charge on any atom is 0.198 e. The molecule has 0 unspecified atom stereocenters. The first kappa shape index (κ1) is 19.9. The van der Waals surface area contributed by atoms with Gasteiger partial charge in [-0.2, -0.15) is 0 Å². The van der Waals surface area contributed by atoms with Gasteiger partial charge in [-0.05, 0) is 38.5 Å². The number of carbonyl (C=O) groups excluding carboxylic acids is 1. The third-order valence-corrected chi connectivity index (χ3v) is 3.42. The van der Waals surface area contributed by atoms with Crippen molar-refractivity contribution in [1.82, 2.24) is 0 Å². The number of hydrogen-bond donors (Lipinski definition) is 0. The minimum Gasteiger partial charge on any atom is -0.291 e. The van der Waals surface area contributed by atoms with Gasteiger partial charge in [0, 0.05) is 6.42 Å². The summed E-state index contributed by atoms with van der Waals surface area (Å²) in [5.41, 5.74) is 0. The van der Waals surface area contributed by atoms with Crippen LogP contribution >= 0.6 is 0 Å². The lowest BCUT2D eigenvalue weighted by Gasteiger charge is -1.97. The molecule has 0 aliphatic heterocycles. The summed E-state index contributed by atoms with van der Waals surface area (Å²) in [7, 11) is 0. The first-order chi connectivity index (χ1) is 10.4. The third kappa shape index (κ3) is 18.9. The average molecular weight is 289 g/mol. The predicted molar refractivity (Wildman–Crippen MR) is 94.2 cm³/mol. The second-order valence-electron chi connectivity index (χ2n) is 5.48. The Morgan fingerprint density at radius 2 is 1.19 bits per heavy atom. The number of allylic oxidation sites excluding steroid dienone is 6. The van der Waals surface area contributed by atoms with Gasteiger partial charge in [-0.1, -0.05) is 75.5 Å². The molecule has 119 valence electrons. The molecule has 1 nitrogen and oxygen atoms in total. The van der Waals surface area contributed by atoms with Gasteiger partial charge in [-0.15, -0.1) is 0 Å². The molecule has 0 saturated heterocycles.